The summed E-state index contributed by atoms with van der Waals surface area (Å²) in [5, 5.41) is 23.6. The number of amides is 2. The number of hydrogen-bond acceptors (Lipinski definition) is 6. The number of phenols is 1. The van der Waals surface area contributed by atoms with Gasteiger partial charge in [-0.3, -0.25) is 10.1 Å². The van der Waals surface area contributed by atoms with E-state index < -0.39 is 17.8 Å². The minimum Gasteiger partial charge on any atom is -0.507 e. The fraction of sp³-hybridized carbons (Fsp3) is 0.441. The Morgan fingerprint density at radius 1 is 0.884 bits per heavy atom. The van der Waals surface area contributed by atoms with E-state index in [-0.39, 0.29) is 35.6 Å². The van der Waals surface area contributed by atoms with Gasteiger partial charge in [0.1, 0.15) is 17.9 Å². The first-order valence-electron chi connectivity index (χ1n) is 15.0. The van der Waals surface area contributed by atoms with Gasteiger partial charge in [0.25, 0.3) is 0 Å². The SMILES string of the molecule is CC/C=C\C/C=C\C/C=C\C/C=C\C/C=C\CCCCS[C@H](CC)C(=O)NCCOC(=O)Nc1ccc(O)c(C(=O)O)c1. The number of hydrogen-bond donors (Lipinski definition) is 4. The highest BCUT2D eigenvalue weighted by Crippen LogP contribution is 2.21. The molecule has 8 nitrogen and oxygen atoms in total. The molecule has 1 atom stereocenters. The summed E-state index contributed by atoms with van der Waals surface area (Å²) >= 11 is 1.64. The van der Waals surface area contributed by atoms with Crippen molar-refractivity contribution in [1.82, 2.24) is 5.32 Å². The lowest BCUT2D eigenvalue weighted by Crippen LogP contribution is -2.35. The number of allylic oxidation sites excluding steroid dienone is 10. The average molecular weight is 613 g/mol. The van der Waals surface area contributed by atoms with Crippen molar-refractivity contribution >= 4 is 35.4 Å². The molecule has 0 aliphatic heterocycles. The minimum absolute atomic E-state index is 0.0320. The molecule has 0 heterocycles. The van der Waals surface area contributed by atoms with Crippen LogP contribution in [0, 0.1) is 0 Å². The van der Waals surface area contributed by atoms with Gasteiger partial charge in [-0.2, -0.15) is 0 Å². The maximum Gasteiger partial charge on any atom is 0.411 e. The van der Waals surface area contributed by atoms with Gasteiger partial charge < -0.3 is 20.3 Å². The summed E-state index contributed by atoms with van der Waals surface area (Å²) in [6.07, 6.45) is 30.0. The second-order valence-electron chi connectivity index (χ2n) is 9.56. The molecule has 0 spiro atoms. The maximum absolute atomic E-state index is 12.5. The first-order chi connectivity index (χ1) is 20.9. The van der Waals surface area contributed by atoms with Gasteiger partial charge in [0, 0.05) is 5.69 Å². The molecular formula is C34H48N2O6S. The lowest BCUT2D eigenvalue weighted by atomic mass is 10.2. The molecule has 236 valence electrons. The van der Waals surface area contributed by atoms with Crippen molar-refractivity contribution in [3.8, 4) is 5.75 Å². The van der Waals surface area contributed by atoms with E-state index in [1.807, 2.05) is 6.92 Å². The van der Waals surface area contributed by atoms with Gasteiger partial charge in [-0.15, -0.1) is 11.8 Å². The highest BCUT2D eigenvalue weighted by Gasteiger charge is 2.16. The quantitative estimate of drug-likeness (QED) is 0.0591. The molecule has 0 radical (unpaired) electrons. The normalized spacial score (nSPS) is 12.6. The summed E-state index contributed by atoms with van der Waals surface area (Å²) in [5.41, 5.74) is -0.157. The van der Waals surface area contributed by atoms with Crippen molar-refractivity contribution in [3.05, 3.63) is 84.5 Å². The van der Waals surface area contributed by atoms with Crippen molar-refractivity contribution < 1.29 is 29.3 Å². The Kier molecular flexibility index (Phi) is 21.5. The molecule has 0 aromatic heterocycles. The number of aromatic carboxylic acids is 1. The van der Waals surface area contributed by atoms with E-state index in [9.17, 15) is 19.5 Å². The van der Waals surface area contributed by atoms with Gasteiger partial charge in [-0.25, -0.2) is 9.59 Å². The molecule has 9 heteroatoms. The Balaban J connectivity index is 2.10. The lowest BCUT2D eigenvalue weighted by Gasteiger charge is -2.15. The van der Waals surface area contributed by atoms with Crippen LogP contribution in [-0.2, 0) is 9.53 Å². The van der Waals surface area contributed by atoms with Crippen LogP contribution in [0.2, 0.25) is 0 Å². The molecule has 1 rings (SSSR count). The Labute approximate surface area is 261 Å². The monoisotopic (exact) mass is 612 g/mol. The van der Waals surface area contributed by atoms with Crippen molar-refractivity contribution in [2.75, 3.05) is 24.2 Å². The van der Waals surface area contributed by atoms with Crippen molar-refractivity contribution in [3.63, 3.8) is 0 Å². The fourth-order valence-corrected chi connectivity index (χ4v) is 4.83. The first kappa shape index (κ1) is 37.3. The summed E-state index contributed by atoms with van der Waals surface area (Å²) in [7, 11) is 0. The Morgan fingerprint density at radius 2 is 1.49 bits per heavy atom. The van der Waals surface area contributed by atoms with Crippen LogP contribution in [0.3, 0.4) is 0 Å². The number of aromatic hydroxyl groups is 1. The predicted octanol–water partition coefficient (Wildman–Crippen LogP) is 8.19. The van der Waals surface area contributed by atoms with Crippen LogP contribution in [-0.4, -0.2) is 52.3 Å². The van der Waals surface area contributed by atoms with Crippen LogP contribution >= 0.6 is 11.8 Å². The highest BCUT2D eigenvalue weighted by molar-refractivity contribution is 8.00. The topological polar surface area (TPSA) is 125 Å². The lowest BCUT2D eigenvalue weighted by molar-refractivity contribution is -0.120. The van der Waals surface area contributed by atoms with E-state index in [0.29, 0.717) is 6.42 Å². The first-order valence-corrected chi connectivity index (χ1v) is 16.1. The zero-order chi connectivity index (χ0) is 31.5. The average Bonchev–Trinajstić information content (AvgIpc) is 2.99. The number of nitrogens with one attached hydrogen (secondary N) is 2. The van der Waals surface area contributed by atoms with Gasteiger partial charge >= 0.3 is 12.1 Å². The van der Waals surface area contributed by atoms with Gasteiger partial charge in [0.2, 0.25) is 5.91 Å². The van der Waals surface area contributed by atoms with Crippen LogP contribution in [0.15, 0.2) is 79.0 Å². The van der Waals surface area contributed by atoms with Crippen LogP contribution in [0.4, 0.5) is 10.5 Å². The number of anilines is 1. The number of carboxylic acids is 1. The molecule has 43 heavy (non-hydrogen) atoms. The number of thioether (sulfide) groups is 1. The van der Waals surface area contributed by atoms with E-state index in [4.69, 9.17) is 9.84 Å². The number of ether oxygens (including phenoxy) is 1. The molecular weight excluding hydrogens is 564 g/mol. The summed E-state index contributed by atoms with van der Waals surface area (Å²) in [6, 6.07) is 3.66. The molecule has 0 aliphatic rings. The third-order valence-electron chi connectivity index (χ3n) is 6.01. The van der Waals surface area contributed by atoms with E-state index in [1.165, 1.54) is 12.1 Å². The Hall–Kier alpha value is -3.72. The number of rotatable bonds is 22. The van der Waals surface area contributed by atoms with Crippen molar-refractivity contribution in [1.29, 1.82) is 0 Å². The van der Waals surface area contributed by atoms with E-state index in [1.54, 1.807) is 11.8 Å². The maximum atomic E-state index is 12.5. The number of carbonyl (C=O) groups is 3. The minimum atomic E-state index is -1.31. The molecule has 0 unspecified atom stereocenters. The van der Waals surface area contributed by atoms with Gasteiger partial charge in [0.05, 0.1) is 11.8 Å². The molecule has 4 N–H and O–H groups in total. The second-order valence-corrected chi connectivity index (χ2v) is 10.9. The zero-order valence-corrected chi connectivity index (χ0v) is 26.3. The van der Waals surface area contributed by atoms with E-state index in [0.717, 1.165) is 63.2 Å². The standard InChI is InChI=1S/C34H48N2O6S/c1-3-5-6-7-8-9-10-11-12-13-14-15-16-17-18-19-20-21-26-43-31(4-2)32(38)35-24-25-42-34(41)36-28-22-23-30(37)29(27-28)33(39)40/h5-6,8-9,11-12,14-15,17-18,22-23,27,31,37H,3-4,7,10,13,16,19-21,24-26H2,1-2H3,(H,35,38)(H,36,41)(H,39,40)/b6-5-,9-8-,12-11-,15-14-,18-17-/t31-/m1/s1. The molecule has 1 aromatic rings. The number of unbranched alkanes of at least 4 members (excludes halogenated alkanes) is 2. The third-order valence-corrected chi connectivity index (χ3v) is 7.49. The van der Waals surface area contributed by atoms with E-state index >= 15 is 0 Å². The molecule has 1 aromatic carbocycles. The smallest absolute Gasteiger partial charge is 0.411 e. The Bertz CT molecular complexity index is 1110. The molecule has 2 amide bonds. The van der Waals surface area contributed by atoms with Crippen LogP contribution in [0.1, 0.15) is 82.0 Å². The second kappa shape index (κ2) is 24.8. The molecule has 0 saturated carbocycles. The summed E-state index contributed by atoms with van der Waals surface area (Å²) in [5.74, 6) is -0.895. The van der Waals surface area contributed by atoms with E-state index in [2.05, 4.69) is 78.3 Å². The molecule has 0 fully saturated rings. The van der Waals surface area contributed by atoms with Crippen LogP contribution in [0.5, 0.6) is 5.75 Å². The molecule has 0 bridgehead atoms. The van der Waals surface area contributed by atoms with Crippen LogP contribution < -0.4 is 10.6 Å². The van der Waals surface area contributed by atoms with Crippen molar-refractivity contribution in [2.45, 2.75) is 76.9 Å². The molecule has 0 saturated heterocycles. The van der Waals surface area contributed by atoms with Gasteiger partial charge in [-0.1, -0.05) is 74.6 Å². The number of benzene rings is 1. The summed E-state index contributed by atoms with van der Waals surface area (Å²) < 4.78 is 5.04. The number of carboxylic acid groups (broad SMARTS) is 1. The summed E-state index contributed by atoms with van der Waals surface area (Å²) in [6.45, 7) is 4.25. The largest absolute Gasteiger partial charge is 0.507 e. The number of carbonyl (C=O) groups excluding carboxylic acids is 2. The Morgan fingerprint density at radius 3 is 2.07 bits per heavy atom. The third kappa shape index (κ3) is 19.2. The fourth-order valence-electron chi connectivity index (χ4n) is 3.71. The van der Waals surface area contributed by atoms with Crippen molar-refractivity contribution in [2.24, 2.45) is 0 Å². The highest BCUT2D eigenvalue weighted by atomic mass is 32.2. The summed E-state index contributed by atoms with van der Waals surface area (Å²) in [4.78, 5) is 35.5. The van der Waals surface area contributed by atoms with Gasteiger partial charge in [0.15, 0.2) is 0 Å². The van der Waals surface area contributed by atoms with Crippen LogP contribution in [0.25, 0.3) is 0 Å². The zero-order valence-electron chi connectivity index (χ0n) is 25.5. The predicted molar refractivity (Wildman–Crippen MR) is 178 cm³/mol. The van der Waals surface area contributed by atoms with Gasteiger partial charge in [-0.05, 0) is 81.7 Å². The molecule has 0 aliphatic carbocycles.